The minimum atomic E-state index is -1.02. The van der Waals surface area contributed by atoms with Gasteiger partial charge in [-0.1, -0.05) is 61.1 Å². The van der Waals surface area contributed by atoms with Gasteiger partial charge in [0.15, 0.2) is 15.8 Å². The Balaban J connectivity index is 1.39. The van der Waals surface area contributed by atoms with Gasteiger partial charge in [-0.25, -0.2) is 4.39 Å². The van der Waals surface area contributed by atoms with E-state index in [4.69, 9.17) is 14.2 Å². The van der Waals surface area contributed by atoms with Crippen LogP contribution in [0.3, 0.4) is 0 Å². The Hall–Kier alpha value is -4.42. The Morgan fingerprint density at radius 1 is 1.04 bits per heavy atom. The molecule has 0 saturated carbocycles. The van der Waals surface area contributed by atoms with Crippen molar-refractivity contribution < 1.29 is 33.3 Å². The van der Waals surface area contributed by atoms with Crippen molar-refractivity contribution in [2.24, 2.45) is 0 Å². The Labute approximate surface area is 286 Å². The summed E-state index contributed by atoms with van der Waals surface area (Å²) in [5, 5.41) is 20.5. The number of nitrogens with zero attached hydrogens (tertiary/aromatic N) is 3. The highest BCUT2D eigenvalue weighted by molar-refractivity contribution is 8.00. The van der Waals surface area contributed by atoms with E-state index in [2.05, 4.69) is 17.1 Å². The van der Waals surface area contributed by atoms with Gasteiger partial charge in [-0.05, 0) is 79.4 Å². The quantitative estimate of drug-likeness (QED) is 0.0374. The molecule has 2 aliphatic heterocycles. The van der Waals surface area contributed by atoms with Crippen LogP contribution in [-0.2, 0) is 21.8 Å². The first-order chi connectivity index (χ1) is 23.3. The number of unbranched alkanes of at least 4 members (excludes halogenated alkanes) is 2. The molecule has 1 saturated heterocycles. The van der Waals surface area contributed by atoms with Gasteiger partial charge in [0.05, 0.1) is 24.8 Å². The average Bonchev–Trinajstić information content (AvgIpc) is 3.77. The standard InChI is InChI=1S/C36H36FN3O6S2/c1-4-6-7-16-45-28-15-10-23(19-29(28)44-5-2)31-30(32(41)24-11-14-27-25(18-24)17-21(3)46-27)33(42)34(43)40(31)35-38-39-36(48-35)47-20-22-8-12-26(37)13-9-22/h8-15,18-19,21,31,41H,4-7,16-17,20H2,1-3H3/t21-,31-/m1/s1. The molecule has 6 rings (SSSR count). The van der Waals surface area contributed by atoms with Crippen LogP contribution in [0.25, 0.3) is 5.76 Å². The third-order valence-electron chi connectivity index (χ3n) is 8.08. The number of Topliss-reactive ketones (excluding diaryl/α,β-unsaturated/α-hetero) is 1. The molecule has 1 N–H and O–H groups in total. The highest BCUT2D eigenvalue weighted by Crippen LogP contribution is 2.46. The summed E-state index contributed by atoms with van der Waals surface area (Å²) in [7, 11) is 0. The number of fused-ring (bicyclic) bond motifs is 1. The molecule has 250 valence electrons. The lowest BCUT2D eigenvalue weighted by atomic mass is 9.94. The summed E-state index contributed by atoms with van der Waals surface area (Å²) in [4.78, 5) is 28.9. The summed E-state index contributed by atoms with van der Waals surface area (Å²) in [6.07, 6.45) is 3.65. The van der Waals surface area contributed by atoms with Gasteiger partial charge in [-0.2, -0.15) is 0 Å². The Morgan fingerprint density at radius 2 is 1.85 bits per heavy atom. The van der Waals surface area contributed by atoms with E-state index >= 15 is 0 Å². The molecule has 1 aromatic heterocycles. The van der Waals surface area contributed by atoms with Crippen molar-refractivity contribution >= 4 is 45.7 Å². The number of benzene rings is 3. The number of hydrogen-bond donors (Lipinski definition) is 1. The zero-order valence-electron chi connectivity index (χ0n) is 26.9. The molecular weight excluding hydrogens is 654 g/mol. The minimum Gasteiger partial charge on any atom is -0.507 e. The zero-order chi connectivity index (χ0) is 33.8. The third-order valence-corrected chi connectivity index (χ3v) is 10.2. The molecular formula is C36H36FN3O6S2. The van der Waals surface area contributed by atoms with Gasteiger partial charge in [-0.3, -0.25) is 14.5 Å². The predicted molar refractivity (Wildman–Crippen MR) is 184 cm³/mol. The van der Waals surface area contributed by atoms with Gasteiger partial charge < -0.3 is 19.3 Å². The Bertz CT molecular complexity index is 1840. The number of thioether (sulfide) groups is 1. The Kier molecular flexibility index (Phi) is 10.3. The van der Waals surface area contributed by atoms with Crippen molar-refractivity contribution in [3.8, 4) is 17.2 Å². The number of aromatic nitrogens is 2. The molecule has 2 atom stereocenters. The number of carbonyl (C=O) groups is 2. The molecule has 0 radical (unpaired) electrons. The fourth-order valence-corrected chi connectivity index (χ4v) is 7.59. The van der Waals surface area contributed by atoms with Crippen LogP contribution in [-0.4, -0.2) is 46.3 Å². The van der Waals surface area contributed by atoms with E-state index < -0.39 is 17.7 Å². The van der Waals surface area contributed by atoms with Crippen molar-refractivity contribution in [2.45, 2.75) is 68.7 Å². The lowest BCUT2D eigenvalue weighted by Crippen LogP contribution is -2.29. The maximum atomic E-state index is 13.8. The number of carbonyl (C=O) groups excluding carboxylic acids is 2. The molecule has 1 fully saturated rings. The predicted octanol–water partition coefficient (Wildman–Crippen LogP) is 7.89. The summed E-state index contributed by atoms with van der Waals surface area (Å²) in [5.41, 5.74) is 2.68. The van der Waals surface area contributed by atoms with E-state index in [-0.39, 0.29) is 28.4 Å². The van der Waals surface area contributed by atoms with Gasteiger partial charge in [0.2, 0.25) is 5.13 Å². The minimum absolute atomic E-state index is 0.00445. The lowest BCUT2D eigenvalue weighted by Gasteiger charge is -2.23. The number of amides is 1. The number of anilines is 1. The number of aliphatic hydroxyl groups excluding tert-OH is 1. The molecule has 4 aromatic rings. The second kappa shape index (κ2) is 14.8. The molecule has 3 aromatic carbocycles. The van der Waals surface area contributed by atoms with Crippen molar-refractivity contribution in [3.63, 3.8) is 0 Å². The SMILES string of the molecule is CCCCCOc1ccc([C@@H]2C(=C(O)c3ccc4c(c3)C[C@@H](C)O4)C(=O)C(=O)N2c2nnc(SCc3ccc(F)cc3)s2)cc1OCC. The first-order valence-corrected chi connectivity index (χ1v) is 17.8. The second-order valence-corrected chi connectivity index (χ2v) is 13.8. The van der Waals surface area contributed by atoms with Crippen LogP contribution in [0.1, 0.15) is 68.3 Å². The van der Waals surface area contributed by atoms with Crippen LogP contribution >= 0.6 is 23.1 Å². The number of ether oxygens (including phenoxy) is 3. The molecule has 1 amide bonds. The molecule has 0 bridgehead atoms. The normalized spacial score (nSPS) is 18.2. The summed E-state index contributed by atoms with van der Waals surface area (Å²) < 4.78 is 31.8. The van der Waals surface area contributed by atoms with Gasteiger partial charge in [0.1, 0.15) is 23.4 Å². The first kappa shape index (κ1) is 33.5. The number of hydrogen-bond acceptors (Lipinski definition) is 10. The molecule has 2 aliphatic rings. The van der Waals surface area contributed by atoms with Crippen molar-refractivity contribution in [3.05, 3.63) is 94.3 Å². The number of halogens is 1. The highest BCUT2D eigenvalue weighted by Gasteiger charge is 2.48. The van der Waals surface area contributed by atoms with Crippen LogP contribution in [0, 0.1) is 5.82 Å². The van der Waals surface area contributed by atoms with Gasteiger partial charge >= 0.3 is 5.91 Å². The first-order valence-electron chi connectivity index (χ1n) is 16.0. The fraction of sp³-hybridized carbons (Fsp3) is 0.333. The zero-order valence-corrected chi connectivity index (χ0v) is 28.5. The van der Waals surface area contributed by atoms with Crippen LogP contribution < -0.4 is 19.1 Å². The molecule has 0 aliphatic carbocycles. The van der Waals surface area contributed by atoms with E-state index in [1.807, 2.05) is 13.8 Å². The average molecular weight is 690 g/mol. The number of ketones is 1. The van der Waals surface area contributed by atoms with Gasteiger partial charge in [-0.15, -0.1) is 10.2 Å². The second-order valence-electron chi connectivity index (χ2n) is 11.6. The maximum absolute atomic E-state index is 13.8. The third kappa shape index (κ3) is 7.05. The maximum Gasteiger partial charge on any atom is 0.301 e. The molecule has 0 unspecified atom stereocenters. The number of rotatable bonds is 13. The van der Waals surface area contributed by atoms with Crippen molar-refractivity contribution in [1.82, 2.24) is 10.2 Å². The summed E-state index contributed by atoms with van der Waals surface area (Å²) in [5.74, 6) is -0.0215. The van der Waals surface area contributed by atoms with E-state index in [0.717, 1.165) is 47.5 Å². The molecule has 9 nitrogen and oxygen atoms in total. The lowest BCUT2D eigenvalue weighted by molar-refractivity contribution is -0.132. The smallest absolute Gasteiger partial charge is 0.301 e. The fourth-order valence-electron chi connectivity index (χ4n) is 5.77. The van der Waals surface area contributed by atoms with E-state index in [1.165, 1.54) is 28.8 Å². The molecule has 3 heterocycles. The van der Waals surface area contributed by atoms with Crippen LogP contribution in [0.5, 0.6) is 17.2 Å². The summed E-state index contributed by atoms with van der Waals surface area (Å²) >= 11 is 2.54. The largest absolute Gasteiger partial charge is 0.507 e. The summed E-state index contributed by atoms with van der Waals surface area (Å²) in [6.45, 7) is 6.85. The highest BCUT2D eigenvalue weighted by atomic mass is 32.2. The van der Waals surface area contributed by atoms with Crippen LogP contribution in [0.15, 0.2) is 70.6 Å². The molecule has 0 spiro atoms. The van der Waals surface area contributed by atoms with Crippen LogP contribution in [0.2, 0.25) is 0 Å². The molecule has 12 heteroatoms. The Morgan fingerprint density at radius 3 is 2.62 bits per heavy atom. The van der Waals surface area contributed by atoms with Crippen molar-refractivity contribution in [1.29, 1.82) is 0 Å². The molecule has 48 heavy (non-hydrogen) atoms. The van der Waals surface area contributed by atoms with E-state index in [1.54, 1.807) is 48.5 Å². The van der Waals surface area contributed by atoms with Gasteiger partial charge in [0, 0.05) is 17.7 Å². The topological polar surface area (TPSA) is 111 Å². The summed E-state index contributed by atoms with van der Waals surface area (Å²) in [6, 6.07) is 15.7. The number of aliphatic hydroxyl groups is 1. The van der Waals surface area contributed by atoms with Crippen molar-refractivity contribution in [2.75, 3.05) is 18.1 Å². The monoisotopic (exact) mass is 689 g/mol. The van der Waals surface area contributed by atoms with E-state index in [0.29, 0.717) is 52.4 Å². The van der Waals surface area contributed by atoms with Gasteiger partial charge in [0.25, 0.3) is 5.78 Å². The van der Waals surface area contributed by atoms with Crippen LogP contribution in [0.4, 0.5) is 9.52 Å². The van der Waals surface area contributed by atoms with E-state index in [9.17, 15) is 19.1 Å².